The van der Waals surface area contributed by atoms with Gasteiger partial charge in [-0.2, -0.15) is 10.5 Å². The van der Waals surface area contributed by atoms with E-state index in [-0.39, 0.29) is 0 Å². The number of hydrogen-bond donors (Lipinski definition) is 0. The maximum absolute atomic E-state index is 9.15. The zero-order valence-electron chi connectivity index (χ0n) is 9.81. The molecule has 0 aliphatic carbocycles. The fourth-order valence-corrected chi connectivity index (χ4v) is 2.01. The van der Waals surface area contributed by atoms with E-state index in [1.807, 2.05) is 30.5 Å². The number of allylic oxidation sites excluding steroid dienone is 1. The first-order valence-electron chi connectivity index (χ1n) is 5.26. The second kappa shape index (κ2) is 6.13. The SMILES string of the molecule is C=CCC(C#N)(C#N)Cc1ccc(SC)cc1. The van der Waals surface area contributed by atoms with Gasteiger partial charge in [0, 0.05) is 11.3 Å². The molecule has 1 aromatic carbocycles. The molecule has 3 heteroatoms. The number of rotatable bonds is 5. The van der Waals surface area contributed by atoms with Crippen LogP contribution in [0.25, 0.3) is 0 Å². The van der Waals surface area contributed by atoms with Gasteiger partial charge in [-0.1, -0.05) is 18.2 Å². The van der Waals surface area contributed by atoms with Crippen molar-refractivity contribution < 1.29 is 0 Å². The van der Waals surface area contributed by atoms with Crippen LogP contribution in [-0.4, -0.2) is 6.26 Å². The topological polar surface area (TPSA) is 47.6 Å². The predicted octanol–water partition coefficient (Wildman–Crippen LogP) is 3.56. The molecule has 2 nitrogen and oxygen atoms in total. The van der Waals surface area contributed by atoms with Gasteiger partial charge in [-0.25, -0.2) is 0 Å². The van der Waals surface area contributed by atoms with Crippen LogP contribution in [0.3, 0.4) is 0 Å². The minimum absolute atomic E-state index is 0.393. The molecule has 0 fully saturated rings. The highest BCUT2D eigenvalue weighted by Crippen LogP contribution is 2.27. The van der Waals surface area contributed by atoms with Crippen LogP contribution >= 0.6 is 11.8 Å². The Morgan fingerprint density at radius 1 is 1.29 bits per heavy atom. The highest BCUT2D eigenvalue weighted by atomic mass is 32.2. The van der Waals surface area contributed by atoms with E-state index in [2.05, 4.69) is 18.7 Å². The van der Waals surface area contributed by atoms with E-state index >= 15 is 0 Å². The van der Waals surface area contributed by atoms with Gasteiger partial charge in [-0.15, -0.1) is 18.3 Å². The third-order valence-electron chi connectivity index (χ3n) is 2.59. The Balaban J connectivity index is 2.91. The van der Waals surface area contributed by atoms with Gasteiger partial charge < -0.3 is 0 Å². The van der Waals surface area contributed by atoms with Crippen molar-refractivity contribution in [2.75, 3.05) is 6.26 Å². The summed E-state index contributed by atoms with van der Waals surface area (Å²) in [5.41, 5.74) is 0.0237. The van der Waals surface area contributed by atoms with Crippen LogP contribution in [0.4, 0.5) is 0 Å². The van der Waals surface area contributed by atoms with Crippen molar-refractivity contribution in [3.8, 4) is 12.1 Å². The smallest absolute Gasteiger partial charge is 0.151 e. The van der Waals surface area contributed by atoms with Crippen LogP contribution in [0.1, 0.15) is 12.0 Å². The molecule has 1 rings (SSSR count). The van der Waals surface area contributed by atoms with Crippen molar-refractivity contribution >= 4 is 11.8 Å². The molecule has 0 bridgehead atoms. The summed E-state index contributed by atoms with van der Waals surface area (Å²) in [7, 11) is 0. The van der Waals surface area contributed by atoms with Crippen molar-refractivity contribution in [2.45, 2.75) is 17.7 Å². The number of benzene rings is 1. The van der Waals surface area contributed by atoms with Gasteiger partial charge in [0.2, 0.25) is 0 Å². The van der Waals surface area contributed by atoms with Gasteiger partial charge in [-0.05, 0) is 30.4 Å². The quantitative estimate of drug-likeness (QED) is 0.586. The molecule has 86 valence electrons. The first kappa shape index (κ1) is 13.4. The summed E-state index contributed by atoms with van der Waals surface area (Å²) in [6, 6.07) is 12.2. The van der Waals surface area contributed by atoms with Crippen LogP contribution in [0, 0.1) is 28.1 Å². The Hall–Kier alpha value is -1.71. The molecule has 0 amide bonds. The molecule has 0 atom stereocenters. The van der Waals surface area contributed by atoms with Crippen molar-refractivity contribution in [3.63, 3.8) is 0 Å². The summed E-state index contributed by atoms with van der Waals surface area (Å²) in [4.78, 5) is 1.18. The van der Waals surface area contributed by atoms with E-state index < -0.39 is 5.41 Å². The van der Waals surface area contributed by atoms with Crippen LogP contribution < -0.4 is 0 Å². The fourth-order valence-electron chi connectivity index (χ4n) is 1.61. The van der Waals surface area contributed by atoms with Crippen LogP contribution in [0.15, 0.2) is 41.8 Å². The van der Waals surface area contributed by atoms with Crippen molar-refractivity contribution in [1.82, 2.24) is 0 Å². The zero-order chi connectivity index (χ0) is 12.7. The molecule has 0 saturated carbocycles. The second-order valence-corrected chi connectivity index (χ2v) is 4.70. The Labute approximate surface area is 107 Å². The minimum Gasteiger partial charge on any atom is -0.197 e. The molecule has 0 aromatic heterocycles. The highest BCUT2D eigenvalue weighted by Gasteiger charge is 2.28. The van der Waals surface area contributed by atoms with E-state index in [9.17, 15) is 0 Å². The van der Waals surface area contributed by atoms with Crippen molar-refractivity contribution in [2.24, 2.45) is 5.41 Å². The lowest BCUT2D eigenvalue weighted by Crippen LogP contribution is -2.18. The average Bonchev–Trinajstić information content (AvgIpc) is 2.39. The number of nitrogens with zero attached hydrogens (tertiary/aromatic N) is 2. The Morgan fingerprint density at radius 3 is 2.29 bits per heavy atom. The molecule has 0 aliphatic rings. The van der Waals surface area contributed by atoms with Crippen LogP contribution in [-0.2, 0) is 6.42 Å². The van der Waals surface area contributed by atoms with Gasteiger partial charge in [-0.3, -0.25) is 0 Å². The lowest BCUT2D eigenvalue weighted by Gasteiger charge is -2.16. The van der Waals surface area contributed by atoms with Gasteiger partial charge in [0.15, 0.2) is 5.41 Å². The number of nitriles is 2. The van der Waals surface area contributed by atoms with E-state index in [0.29, 0.717) is 12.8 Å². The molecular formula is C14H14N2S. The summed E-state index contributed by atoms with van der Waals surface area (Å²) in [5, 5.41) is 18.3. The summed E-state index contributed by atoms with van der Waals surface area (Å²) in [6.45, 7) is 3.60. The predicted molar refractivity (Wildman–Crippen MR) is 70.4 cm³/mol. The molecule has 1 aromatic rings. The number of hydrogen-bond acceptors (Lipinski definition) is 3. The first-order chi connectivity index (χ1) is 8.19. The van der Waals surface area contributed by atoms with E-state index in [4.69, 9.17) is 10.5 Å². The molecule has 0 saturated heterocycles. The van der Waals surface area contributed by atoms with Gasteiger partial charge in [0.05, 0.1) is 12.1 Å². The van der Waals surface area contributed by atoms with Crippen molar-refractivity contribution in [1.29, 1.82) is 10.5 Å². The lowest BCUT2D eigenvalue weighted by atomic mass is 9.81. The van der Waals surface area contributed by atoms with E-state index in [1.165, 1.54) is 4.90 Å². The molecule has 17 heavy (non-hydrogen) atoms. The largest absolute Gasteiger partial charge is 0.197 e. The van der Waals surface area contributed by atoms with E-state index in [0.717, 1.165) is 5.56 Å². The molecule has 0 spiro atoms. The molecule has 0 heterocycles. The van der Waals surface area contributed by atoms with Crippen LogP contribution in [0.5, 0.6) is 0 Å². The summed E-state index contributed by atoms with van der Waals surface area (Å²) >= 11 is 1.67. The zero-order valence-corrected chi connectivity index (χ0v) is 10.6. The molecule has 0 aliphatic heterocycles. The maximum Gasteiger partial charge on any atom is 0.151 e. The summed E-state index contributed by atoms with van der Waals surface area (Å²) < 4.78 is 0. The van der Waals surface area contributed by atoms with Gasteiger partial charge >= 0.3 is 0 Å². The van der Waals surface area contributed by atoms with E-state index in [1.54, 1.807) is 17.8 Å². The summed E-state index contributed by atoms with van der Waals surface area (Å²) in [6.07, 6.45) is 4.48. The number of thioether (sulfide) groups is 1. The van der Waals surface area contributed by atoms with Gasteiger partial charge in [0.1, 0.15) is 0 Å². The normalized spacial score (nSPS) is 10.3. The summed E-state index contributed by atoms with van der Waals surface area (Å²) in [5.74, 6) is 0. The fraction of sp³-hybridized carbons (Fsp3) is 0.286. The third-order valence-corrected chi connectivity index (χ3v) is 3.33. The Bertz CT molecular complexity index is 448. The molecule has 0 unspecified atom stereocenters. The molecule has 0 radical (unpaired) electrons. The van der Waals surface area contributed by atoms with Crippen molar-refractivity contribution in [3.05, 3.63) is 42.5 Å². The van der Waals surface area contributed by atoms with Crippen LogP contribution in [0.2, 0.25) is 0 Å². The molecule has 0 N–H and O–H groups in total. The maximum atomic E-state index is 9.15. The lowest BCUT2D eigenvalue weighted by molar-refractivity contribution is 0.527. The van der Waals surface area contributed by atoms with Gasteiger partial charge in [0.25, 0.3) is 0 Å². The first-order valence-corrected chi connectivity index (χ1v) is 6.48. The third kappa shape index (κ3) is 3.37. The second-order valence-electron chi connectivity index (χ2n) is 3.82. The highest BCUT2D eigenvalue weighted by molar-refractivity contribution is 7.98. The Morgan fingerprint density at radius 2 is 1.88 bits per heavy atom. The monoisotopic (exact) mass is 242 g/mol. The average molecular weight is 242 g/mol. The minimum atomic E-state index is -0.984. The Kier molecular flexibility index (Phi) is 4.82. The molecular weight excluding hydrogens is 228 g/mol. The standard InChI is InChI=1S/C14H14N2S/c1-3-8-14(10-15,11-16)9-12-4-6-13(17-2)7-5-12/h3-7H,1,8-9H2,2H3.